The molecule has 0 aliphatic carbocycles. The summed E-state index contributed by atoms with van der Waals surface area (Å²) in [5, 5.41) is 17.4. The zero-order chi connectivity index (χ0) is 13.7. The van der Waals surface area contributed by atoms with Gasteiger partial charge >= 0.3 is 0 Å². The fourth-order valence-corrected chi connectivity index (χ4v) is 3.42. The van der Waals surface area contributed by atoms with E-state index in [4.69, 9.17) is 0 Å². The SMILES string of the molecule is CCNc1cc(NCC2CCSC2)cc([N+](=O)[O-])c1. The van der Waals surface area contributed by atoms with E-state index in [1.54, 1.807) is 12.1 Å². The number of nitro benzene ring substituents is 1. The molecule has 0 aromatic heterocycles. The number of nitrogens with one attached hydrogen (secondary N) is 2. The van der Waals surface area contributed by atoms with Gasteiger partial charge in [-0.2, -0.15) is 11.8 Å². The number of anilines is 2. The molecule has 1 unspecified atom stereocenters. The predicted molar refractivity (Wildman–Crippen MR) is 81.2 cm³/mol. The van der Waals surface area contributed by atoms with Gasteiger partial charge < -0.3 is 10.6 Å². The van der Waals surface area contributed by atoms with Crippen molar-refractivity contribution in [2.24, 2.45) is 5.92 Å². The summed E-state index contributed by atoms with van der Waals surface area (Å²) in [5.74, 6) is 3.08. The molecule has 2 N–H and O–H groups in total. The molecule has 6 heteroatoms. The van der Waals surface area contributed by atoms with Crippen molar-refractivity contribution in [2.75, 3.05) is 35.2 Å². The van der Waals surface area contributed by atoms with Gasteiger partial charge in [-0.1, -0.05) is 0 Å². The Morgan fingerprint density at radius 3 is 2.68 bits per heavy atom. The van der Waals surface area contributed by atoms with E-state index < -0.39 is 0 Å². The minimum atomic E-state index is -0.350. The number of non-ortho nitro benzene ring substituents is 1. The van der Waals surface area contributed by atoms with Gasteiger partial charge in [0.25, 0.3) is 5.69 Å². The van der Waals surface area contributed by atoms with Gasteiger partial charge in [0.15, 0.2) is 0 Å². The summed E-state index contributed by atoms with van der Waals surface area (Å²) in [4.78, 5) is 10.6. The van der Waals surface area contributed by atoms with E-state index in [2.05, 4.69) is 10.6 Å². The molecule has 0 radical (unpaired) electrons. The summed E-state index contributed by atoms with van der Waals surface area (Å²) in [6, 6.07) is 5.10. The monoisotopic (exact) mass is 281 g/mol. The Kier molecular flexibility index (Phi) is 4.90. The van der Waals surface area contributed by atoms with E-state index in [0.29, 0.717) is 5.92 Å². The second-order valence-corrected chi connectivity index (χ2v) is 5.82. The van der Waals surface area contributed by atoms with Crippen LogP contribution < -0.4 is 10.6 Å². The highest BCUT2D eigenvalue weighted by molar-refractivity contribution is 7.99. The third-order valence-electron chi connectivity index (χ3n) is 3.13. The van der Waals surface area contributed by atoms with Crippen molar-refractivity contribution in [3.05, 3.63) is 28.3 Å². The molecule has 0 amide bonds. The summed E-state index contributed by atoms with van der Waals surface area (Å²) >= 11 is 1.98. The van der Waals surface area contributed by atoms with Crippen LogP contribution in [0.1, 0.15) is 13.3 Å². The third-order valence-corrected chi connectivity index (χ3v) is 4.36. The molecule has 104 valence electrons. The molecule has 1 aromatic carbocycles. The molecule has 1 aromatic rings. The molecule has 5 nitrogen and oxygen atoms in total. The first-order chi connectivity index (χ1) is 9.19. The maximum absolute atomic E-state index is 10.9. The molecular weight excluding hydrogens is 262 g/mol. The highest BCUT2D eigenvalue weighted by atomic mass is 32.2. The fraction of sp³-hybridized carbons (Fsp3) is 0.538. The molecule has 1 saturated heterocycles. The van der Waals surface area contributed by atoms with Crippen LogP contribution in [0.3, 0.4) is 0 Å². The maximum atomic E-state index is 10.9. The predicted octanol–water partition coefficient (Wildman–Crippen LogP) is 3.19. The summed E-state index contributed by atoms with van der Waals surface area (Å²) in [5.41, 5.74) is 1.74. The molecule has 1 fully saturated rings. The standard InChI is InChI=1S/C13H19N3O2S/c1-2-14-11-5-12(7-13(6-11)16(17)18)15-8-10-3-4-19-9-10/h5-7,10,14-15H,2-4,8-9H2,1H3. The molecule has 0 spiro atoms. The van der Waals surface area contributed by atoms with Crippen molar-refractivity contribution < 1.29 is 4.92 Å². The summed E-state index contributed by atoms with van der Waals surface area (Å²) < 4.78 is 0. The minimum Gasteiger partial charge on any atom is -0.385 e. The Balaban J connectivity index is 2.06. The fourth-order valence-electron chi connectivity index (χ4n) is 2.13. The quantitative estimate of drug-likeness (QED) is 0.619. The van der Waals surface area contributed by atoms with Gasteiger partial charge in [-0.3, -0.25) is 10.1 Å². The highest BCUT2D eigenvalue weighted by Crippen LogP contribution is 2.27. The second-order valence-electron chi connectivity index (χ2n) is 4.67. The third kappa shape index (κ3) is 4.02. The molecule has 19 heavy (non-hydrogen) atoms. The van der Waals surface area contributed by atoms with Crippen LogP contribution >= 0.6 is 11.8 Å². The average Bonchev–Trinajstić information content (AvgIpc) is 2.89. The Morgan fingerprint density at radius 1 is 1.37 bits per heavy atom. The largest absolute Gasteiger partial charge is 0.385 e. The maximum Gasteiger partial charge on any atom is 0.273 e. The van der Waals surface area contributed by atoms with Crippen molar-refractivity contribution in [3.8, 4) is 0 Å². The average molecular weight is 281 g/mol. The van der Waals surface area contributed by atoms with E-state index in [1.807, 2.05) is 24.8 Å². The van der Waals surface area contributed by atoms with E-state index >= 15 is 0 Å². The van der Waals surface area contributed by atoms with E-state index in [1.165, 1.54) is 17.9 Å². The van der Waals surface area contributed by atoms with Gasteiger partial charge in [0.1, 0.15) is 0 Å². The first-order valence-corrected chi connectivity index (χ1v) is 7.69. The molecule has 0 bridgehead atoms. The Bertz CT molecular complexity index is 448. The number of thioether (sulfide) groups is 1. The molecular formula is C13H19N3O2S. The molecule has 1 atom stereocenters. The first kappa shape index (κ1) is 14.0. The molecule has 1 heterocycles. The van der Waals surface area contributed by atoms with Gasteiger partial charge in [0, 0.05) is 36.6 Å². The lowest BCUT2D eigenvalue weighted by atomic mass is 10.1. The van der Waals surface area contributed by atoms with Gasteiger partial charge in [0.05, 0.1) is 4.92 Å². The van der Waals surface area contributed by atoms with Crippen LogP contribution in [0.2, 0.25) is 0 Å². The topological polar surface area (TPSA) is 67.2 Å². The van der Waals surface area contributed by atoms with Crippen molar-refractivity contribution in [2.45, 2.75) is 13.3 Å². The van der Waals surface area contributed by atoms with Crippen LogP contribution in [0.15, 0.2) is 18.2 Å². The number of benzene rings is 1. The van der Waals surface area contributed by atoms with Crippen LogP contribution in [0, 0.1) is 16.0 Å². The lowest BCUT2D eigenvalue weighted by Gasteiger charge is -2.12. The van der Waals surface area contributed by atoms with Crippen LogP contribution in [-0.2, 0) is 0 Å². The Labute approximate surface area is 117 Å². The number of hydrogen-bond donors (Lipinski definition) is 2. The van der Waals surface area contributed by atoms with Crippen molar-refractivity contribution in [1.29, 1.82) is 0 Å². The molecule has 2 rings (SSSR count). The number of nitrogens with zero attached hydrogens (tertiary/aromatic N) is 1. The van der Waals surface area contributed by atoms with Crippen LogP contribution in [-0.4, -0.2) is 29.5 Å². The summed E-state index contributed by atoms with van der Waals surface area (Å²) in [6.07, 6.45) is 1.23. The normalized spacial score (nSPS) is 18.3. The van der Waals surface area contributed by atoms with Gasteiger partial charge in [-0.05, 0) is 36.8 Å². The Morgan fingerprint density at radius 2 is 2.11 bits per heavy atom. The van der Waals surface area contributed by atoms with Crippen LogP contribution in [0.5, 0.6) is 0 Å². The lowest BCUT2D eigenvalue weighted by molar-refractivity contribution is -0.384. The van der Waals surface area contributed by atoms with Gasteiger partial charge in [0.2, 0.25) is 0 Å². The summed E-state index contributed by atoms with van der Waals surface area (Å²) in [7, 11) is 0. The number of hydrogen-bond acceptors (Lipinski definition) is 5. The van der Waals surface area contributed by atoms with E-state index in [0.717, 1.165) is 24.5 Å². The Hall–Kier alpha value is -1.43. The number of nitro groups is 1. The second kappa shape index (κ2) is 6.65. The molecule has 1 aliphatic heterocycles. The van der Waals surface area contributed by atoms with E-state index in [-0.39, 0.29) is 10.6 Å². The van der Waals surface area contributed by atoms with Crippen LogP contribution in [0.25, 0.3) is 0 Å². The van der Waals surface area contributed by atoms with E-state index in [9.17, 15) is 10.1 Å². The van der Waals surface area contributed by atoms with Gasteiger partial charge in [-0.15, -0.1) is 0 Å². The van der Waals surface area contributed by atoms with Gasteiger partial charge in [-0.25, -0.2) is 0 Å². The minimum absolute atomic E-state index is 0.127. The lowest BCUT2D eigenvalue weighted by Crippen LogP contribution is -2.13. The van der Waals surface area contributed by atoms with Crippen molar-refractivity contribution in [1.82, 2.24) is 0 Å². The van der Waals surface area contributed by atoms with Crippen molar-refractivity contribution >= 4 is 28.8 Å². The summed E-state index contributed by atoms with van der Waals surface area (Å²) in [6.45, 7) is 3.61. The van der Waals surface area contributed by atoms with Crippen LogP contribution in [0.4, 0.5) is 17.1 Å². The molecule has 0 saturated carbocycles. The zero-order valence-corrected chi connectivity index (χ0v) is 11.8. The number of rotatable bonds is 6. The highest BCUT2D eigenvalue weighted by Gasteiger charge is 2.16. The smallest absolute Gasteiger partial charge is 0.273 e. The first-order valence-electron chi connectivity index (χ1n) is 6.54. The van der Waals surface area contributed by atoms with Crippen molar-refractivity contribution in [3.63, 3.8) is 0 Å². The molecule has 1 aliphatic rings. The zero-order valence-electron chi connectivity index (χ0n) is 11.0.